The number of guanidine groups is 1. The molecule has 7 nitrogen and oxygen atoms in total. The molecular formula is C24H33IN6O. The average molecular weight is 548 g/mol. The van der Waals surface area contributed by atoms with E-state index in [9.17, 15) is 0 Å². The summed E-state index contributed by atoms with van der Waals surface area (Å²) >= 11 is 0. The van der Waals surface area contributed by atoms with Gasteiger partial charge in [-0.2, -0.15) is 0 Å². The van der Waals surface area contributed by atoms with E-state index in [1.54, 1.807) is 7.05 Å². The van der Waals surface area contributed by atoms with E-state index >= 15 is 0 Å². The van der Waals surface area contributed by atoms with E-state index in [4.69, 9.17) is 4.74 Å². The molecule has 0 amide bonds. The fourth-order valence-corrected chi connectivity index (χ4v) is 4.14. The number of aromatic amines is 1. The van der Waals surface area contributed by atoms with Crippen LogP contribution in [-0.2, 0) is 17.7 Å². The van der Waals surface area contributed by atoms with E-state index in [1.807, 2.05) is 12.3 Å². The second kappa shape index (κ2) is 11.5. The van der Waals surface area contributed by atoms with Crippen LogP contribution in [0.25, 0.3) is 10.9 Å². The maximum Gasteiger partial charge on any atom is 0.191 e. The number of H-pyrrole nitrogens is 1. The van der Waals surface area contributed by atoms with Gasteiger partial charge in [-0.15, -0.1) is 24.0 Å². The molecule has 1 fully saturated rings. The van der Waals surface area contributed by atoms with Gasteiger partial charge in [-0.3, -0.25) is 4.99 Å². The highest BCUT2D eigenvalue weighted by Gasteiger charge is 2.18. The highest BCUT2D eigenvalue weighted by molar-refractivity contribution is 14.0. The minimum Gasteiger partial charge on any atom is -0.375 e. The maximum atomic E-state index is 5.64. The van der Waals surface area contributed by atoms with Gasteiger partial charge in [-0.1, -0.05) is 12.1 Å². The molecule has 0 bridgehead atoms. The minimum atomic E-state index is 0. The van der Waals surface area contributed by atoms with Crippen molar-refractivity contribution in [2.45, 2.75) is 32.9 Å². The zero-order valence-electron chi connectivity index (χ0n) is 19.0. The van der Waals surface area contributed by atoms with E-state index in [0.29, 0.717) is 6.54 Å². The van der Waals surface area contributed by atoms with Gasteiger partial charge in [-0.05, 0) is 55.2 Å². The number of ether oxygens (including phenoxy) is 1. The predicted octanol–water partition coefficient (Wildman–Crippen LogP) is 3.62. The Morgan fingerprint density at radius 3 is 3.00 bits per heavy atom. The Labute approximate surface area is 207 Å². The van der Waals surface area contributed by atoms with Crippen molar-refractivity contribution in [1.82, 2.24) is 20.6 Å². The molecular weight excluding hydrogens is 515 g/mol. The van der Waals surface area contributed by atoms with Gasteiger partial charge in [0.25, 0.3) is 0 Å². The lowest BCUT2D eigenvalue weighted by molar-refractivity contribution is 0.0529. The number of anilines is 1. The SMILES string of the molecule is CN=C(NCCc1c[nH]c2cccc(C)c12)NCc1ccnc(N2CCOC(C)C2)c1.I. The molecule has 1 unspecified atom stereocenters. The Kier molecular flexibility index (Phi) is 8.75. The molecule has 4 rings (SSSR count). The highest BCUT2D eigenvalue weighted by atomic mass is 127. The van der Waals surface area contributed by atoms with Crippen LogP contribution >= 0.6 is 24.0 Å². The van der Waals surface area contributed by atoms with Crippen molar-refractivity contribution in [3.8, 4) is 0 Å². The molecule has 172 valence electrons. The molecule has 1 aliphatic rings. The van der Waals surface area contributed by atoms with Crippen molar-refractivity contribution in [2.75, 3.05) is 38.2 Å². The zero-order chi connectivity index (χ0) is 21.6. The summed E-state index contributed by atoms with van der Waals surface area (Å²) in [5, 5.41) is 8.17. The lowest BCUT2D eigenvalue weighted by Crippen LogP contribution is -2.41. The quantitative estimate of drug-likeness (QED) is 0.249. The van der Waals surface area contributed by atoms with Crippen LogP contribution in [0, 0.1) is 6.92 Å². The molecule has 0 saturated carbocycles. The van der Waals surface area contributed by atoms with Crippen LogP contribution in [0.5, 0.6) is 0 Å². The monoisotopic (exact) mass is 548 g/mol. The van der Waals surface area contributed by atoms with E-state index < -0.39 is 0 Å². The van der Waals surface area contributed by atoms with Gasteiger partial charge >= 0.3 is 0 Å². The number of nitrogens with one attached hydrogen (secondary N) is 3. The second-order valence-corrected chi connectivity index (χ2v) is 8.06. The standard InChI is InChI=1S/C24H32N6O.HI/c1-17-5-4-6-21-23(17)20(15-28-21)8-10-27-24(25-3)29-14-19-7-9-26-22(13-19)30-11-12-31-18(2)16-30;/h4-7,9,13,15,18,28H,8,10-12,14,16H2,1-3H3,(H2,25,27,29);1H. The lowest BCUT2D eigenvalue weighted by Gasteiger charge is -2.32. The molecule has 0 radical (unpaired) electrons. The van der Waals surface area contributed by atoms with Crippen LogP contribution in [0.1, 0.15) is 23.6 Å². The van der Waals surface area contributed by atoms with Gasteiger partial charge in [0.2, 0.25) is 0 Å². The fraction of sp³-hybridized carbons (Fsp3) is 0.417. The minimum absolute atomic E-state index is 0. The van der Waals surface area contributed by atoms with E-state index in [2.05, 4.69) is 74.8 Å². The first-order chi connectivity index (χ1) is 15.1. The molecule has 8 heteroatoms. The summed E-state index contributed by atoms with van der Waals surface area (Å²) in [4.78, 5) is 14.6. The van der Waals surface area contributed by atoms with Crippen molar-refractivity contribution in [2.24, 2.45) is 4.99 Å². The first-order valence-electron chi connectivity index (χ1n) is 11.0. The number of nitrogens with zero attached hydrogens (tertiary/aromatic N) is 3. The number of aliphatic imine (C=N–C) groups is 1. The Bertz CT molecular complexity index is 1050. The maximum absolute atomic E-state index is 5.64. The van der Waals surface area contributed by atoms with Gasteiger partial charge in [0.05, 0.1) is 12.7 Å². The van der Waals surface area contributed by atoms with Crippen molar-refractivity contribution in [3.63, 3.8) is 0 Å². The third kappa shape index (κ3) is 5.92. The summed E-state index contributed by atoms with van der Waals surface area (Å²) in [6.07, 6.45) is 5.16. The number of hydrogen-bond acceptors (Lipinski definition) is 4. The number of benzene rings is 1. The largest absolute Gasteiger partial charge is 0.375 e. The van der Waals surface area contributed by atoms with Gasteiger partial charge in [-0.25, -0.2) is 4.98 Å². The highest BCUT2D eigenvalue weighted by Crippen LogP contribution is 2.22. The Balaban J connectivity index is 0.00000289. The predicted molar refractivity (Wildman–Crippen MR) is 142 cm³/mol. The van der Waals surface area contributed by atoms with Crippen molar-refractivity contribution < 1.29 is 4.74 Å². The van der Waals surface area contributed by atoms with Crippen LogP contribution in [-0.4, -0.2) is 55.3 Å². The third-order valence-corrected chi connectivity index (χ3v) is 5.74. The lowest BCUT2D eigenvalue weighted by atomic mass is 10.1. The molecule has 0 aliphatic carbocycles. The zero-order valence-corrected chi connectivity index (χ0v) is 21.3. The Morgan fingerprint density at radius 2 is 2.19 bits per heavy atom. The summed E-state index contributed by atoms with van der Waals surface area (Å²) in [5.41, 5.74) is 5.01. The Hall–Kier alpha value is -2.33. The molecule has 0 spiro atoms. The molecule has 3 heterocycles. The second-order valence-electron chi connectivity index (χ2n) is 8.06. The summed E-state index contributed by atoms with van der Waals surface area (Å²) in [6, 6.07) is 10.6. The average Bonchev–Trinajstić information content (AvgIpc) is 3.21. The fourth-order valence-electron chi connectivity index (χ4n) is 4.14. The topological polar surface area (TPSA) is 77.6 Å². The van der Waals surface area contributed by atoms with Crippen LogP contribution < -0.4 is 15.5 Å². The van der Waals surface area contributed by atoms with E-state index in [-0.39, 0.29) is 30.1 Å². The number of rotatable bonds is 6. The molecule has 3 aromatic rings. The first-order valence-corrected chi connectivity index (χ1v) is 11.0. The van der Waals surface area contributed by atoms with Crippen LogP contribution in [0.15, 0.2) is 47.7 Å². The number of pyridine rings is 1. The van der Waals surface area contributed by atoms with Gasteiger partial charge in [0, 0.05) is 56.5 Å². The van der Waals surface area contributed by atoms with Crippen LogP contribution in [0.2, 0.25) is 0 Å². The van der Waals surface area contributed by atoms with E-state index in [0.717, 1.165) is 44.4 Å². The number of aromatic nitrogens is 2. The third-order valence-electron chi connectivity index (χ3n) is 5.74. The van der Waals surface area contributed by atoms with E-state index in [1.165, 1.54) is 27.6 Å². The number of fused-ring (bicyclic) bond motifs is 1. The molecule has 1 aliphatic heterocycles. The van der Waals surface area contributed by atoms with Crippen molar-refractivity contribution in [3.05, 3.63) is 59.4 Å². The molecule has 2 aromatic heterocycles. The summed E-state index contributed by atoms with van der Waals surface area (Å²) in [5.74, 6) is 1.81. The number of halogens is 1. The molecule has 32 heavy (non-hydrogen) atoms. The van der Waals surface area contributed by atoms with Gasteiger partial charge in [0.1, 0.15) is 5.82 Å². The van der Waals surface area contributed by atoms with Gasteiger partial charge < -0.3 is 25.3 Å². The number of aryl methyl sites for hydroxylation is 1. The van der Waals surface area contributed by atoms with Crippen LogP contribution in [0.3, 0.4) is 0 Å². The molecule has 1 atom stereocenters. The normalized spacial score (nSPS) is 16.7. The molecule has 1 aromatic carbocycles. The van der Waals surface area contributed by atoms with Gasteiger partial charge in [0.15, 0.2) is 5.96 Å². The van der Waals surface area contributed by atoms with Crippen molar-refractivity contribution >= 4 is 46.7 Å². The van der Waals surface area contributed by atoms with Crippen LogP contribution in [0.4, 0.5) is 5.82 Å². The summed E-state index contributed by atoms with van der Waals surface area (Å²) in [7, 11) is 1.80. The molecule has 1 saturated heterocycles. The summed E-state index contributed by atoms with van der Waals surface area (Å²) < 4.78 is 5.64. The smallest absolute Gasteiger partial charge is 0.191 e. The first kappa shape index (κ1) is 24.3. The Morgan fingerprint density at radius 1 is 1.31 bits per heavy atom. The summed E-state index contributed by atoms with van der Waals surface area (Å²) in [6.45, 7) is 8.28. The number of hydrogen-bond donors (Lipinski definition) is 3. The molecule has 3 N–H and O–H groups in total. The van der Waals surface area contributed by atoms with Crippen molar-refractivity contribution in [1.29, 1.82) is 0 Å². The number of morpholine rings is 1.